The van der Waals surface area contributed by atoms with Crippen LogP contribution in [0, 0.1) is 20.8 Å². The minimum atomic E-state index is -0.864. The Morgan fingerprint density at radius 3 is 2.48 bits per heavy atom. The predicted octanol–water partition coefficient (Wildman–Crippen LogP) is 3.68. The van der Waals surface area contributed by atoms with Gasteiger partial charge in [0.1, 0.15) is 4.32 Å². The fourth-order valence-electron chi connectivity index (χ4n) is 2.63. The van der Waals surface area contributed by atoms with Crippen molar-refractivity contribution in [3.63, 3.8) is 0 Å². The van der Waals surface area contributed by atoms with Gasteiger partial charge in [-0.15, -0.1) is 0 Å². The highest BCUT2D eigenvalue weighted by Gasteiger charge is 2.31. The van der Waals surface area contributed by atoms with E-state index in [2.05, 4.69) is 12.1 Å². The molecule has 0 spiro atoms. The average Bonchev–Trinajstić information content (AvgIpc) is 2.69. The summed E-state index contributed by atoms with van der Waals surface area (Å²) >= 11 is 6.53. The zero-order chi connectivity index (χ0) is 17.1. The van der Waals surface area contributed by atoms with Crippen LogP contribution in [0.5, 0.6) is 0 Å². The molecule has 23 heavy (non-hydrogen) atoms. The molecule has 1 amide bonds. The van der Waals surface area contributed by atoms with Crippen LogP contribution in [0.3, 0.4) is 0 Å². The minimum absolute atomic E-state index is 0.0340. The first-order chi connectivity index (χ1) is 10.8. The van der Waals surface area contributed by atoms with Gasteiger partial charge in [0.15, 0.2) is 0 Å². The maximum Gasteiger partial charge on any atom is 0.303 e. The summed E-state index contributed by atoms with van der Waals surface area (Å²) in [5.41, 5.74) is 4.48. The van der Waals surface area contributed by atoms with Gasteiger partial charge in [-0.1, -0.05) is 41.7 Å². The molecular weight excluding hydrogens is 330 g/mol. The van der Waals surface area contributed by atoms with E-state index in [0.717, 1.165) is 16.7 Å². The van der Waals surface area contributed by atoms with Gasteiger partial charge in [0, 0.05) is 13.0 Å². The Hall–Kier alpha value is -1.66. The Morgan fingerprint density at radius 1 is 1.30 bits per heavy atom. The Kier molecular flexibility index (Phi) is 5.59. The lowest BCUT2D eigenvalue weighted by molar-refractivity contribution is -0.137. The van der Waals surface area contributed by atoms with Crippen molar-refractivity contribution in [2.45, 2.75) is 33.6 Å². The number of thioether (sulfide) groups is 1. The Balaban J connectivity index is 2.20. The van der Waals surface area contributed by atoms with E-state index in [1.165, 1.54) is 22.2 Å². The molecule has 1 fully saturated rings. The normalized spacial score (nSPS) is 16.5. The maximum absolute atomic E-state index is 12.5. The van der Waals surface area contributed by atoms with Crippen molar-refractivity contribution in [3.05, 3.63) is 39.3 Å². The molecule has 0 aliphatic carbocycles. The summed E-state index contributed by atoms with van der Waals surface area (Å²) in [4.78, 5) is 25.2. The molecule has 1 aromatic carbocycles. The van der Waals surface area contributed by atoms with Crippen LogP contribution in [0.25, 0.3) is 6.08 Å². The van der Waals surface area contributed by atoms with Crippen LogP contribution in [-0.4, -0.2) is 32.7 Å². The number of carboxylic acid groups (broad SMARTS) is 1. The molecule has 0 unspecified atom stereocenters. The summed E-state index contributed by atoms with van der Waals surface area (Å²) in [6.45, 7) is 6.45. The standard InChI is InChI=1S/C17H19NO3S2/c1-10-7-11(2)13(12(3)8-10)9-14-16(21)18(17(22)23-14)6-4-5-15(19)20/h7-9H,4-6H2,1-3H3,(H,19,20). The summed E-state index contributed by atoms with van der Waals surface area (Å²) in [6, 6.07) is 4.18. The van der Waals surface area contributed by atoms with Crippen molar-refractivity contribution in [2.24, 2.45) is 0 Å². The number of hydrogen-bond acceptors (Lipinski definition) is 4. The van der Waals surface area contributed by atoms with Crippen molar-refractivity contribution < 1.29 is 14.7 Å². The number of carbonyl (C=O) groups excluding carboxylic acids is 1. The quantitative estimate of drug-likeness (QED) is 0.649. The lowest BCUT2D eigenvalue weighted by Crippen LogP contribution is -2.29. The van der Waals surface area contributed by atoms with Gasteiger partial charge in [-0.2, -0.15) is 0 Å². The second kappa shape index (κ2) is 7.27. The predicted molar refractivity (Wildman–Crippen MR) is 97.4 cm³/mol. The third-order valence-electron chi connectivity index (χ3n) is 3.66. The number of aryl methyl sites for hydroxylation is 3. The van der Waals surface area contributed by atoms with Gasteiger partial charge in [-0.25, -0.2) is 0 Å². The van der Waals surface area contributed by atoms with Gasteiger partial charge in [0.25, 0.3) is 5.91 Å². The van der Waals surface area contributed by atoms with E-state index >= 15 is 0 Å². The van der Waals surface area contributed by atoms with E-state index in [-0.39, 0.29) is 12.3 Å². The van der Waals surface area contributed by atoms with Crippen molar-refractivity contribution >= 4 is 46.3 Å². The molecule has 1 saturated heterocycles. The summed E-state index contributed by atoms with van der Waals surface area (Å²) in [5.74, 6) is -0.998. The number of benzene rings is 1. The average molecular weight is 349 g/mol. The molecule has 0 bridgehead atoms. The molecule has 0 radical (unpaired) electrons. The molecule has 1 aliphatic heterocycles. The number of hydrogen-bond donors (Lipinski definition) is 1. The van der Waals surface area contributed by atoms with E-state index in [9.17, 15) is 9.59 Å². The first kappa shape index (κ1) is 17.7. The van der Waals surface area contributed by atoms with Crippen LogP contribution >= 0.6 is 24.0 Å². The number of rotatable bonds is 5. The lowest BCUT2D eigenvalue weighted by atomic mass is 9.99. The number of carbonyl (C=O) groups is 2. The van der Waals surface area contributed by atoms with Gasteiger partial charge >= 0.3 is 5.97 Å². The molecule has 1 aliphatic rings. The summed E-state index contributed by atoms with van der Waals surface area (Å²) < 4.78 is 0.494. The zero-order valence-electron chi connectivity index (χ0n) is 13.4. The highest BCUT2D eigenvalue weighted by molar-refractivity contribution is 8.26. The second-order valence-corrected chi connectivity index (χ2v) is 7.32. The monoisotopic (exact) mass is 349 g/mol. The van der Waals surface area contributed by atoms with E-state index in [1.807, 2.05) is 26.8 Å². The Morgan fingerprint density at radius 2 is 1.91 bits per heavy atom. The molecular formula is C17H19NO3S2. The third kappa shape index (κ3) is 4.20. The lowest BCUT2D eigenvalue weighted by Gasteiger charge is -2.13. The van der Waals surface area contributed by atoms with Crippen LogP contribution in [0.15, 0.2) is 17.0 Å². The molecule has 0 atom stereocenters. The largest absolute Gasteiger partial charge is 0.481 e. The highest BCUT2D eigenvalue weighted by atomic mass is 32.2. The molecule has 2 rings (SSSR count). The van der Waals surface area contributed by atoms with Gasteiger partial charge in [-0.05, 0) is 50.0 Å². The summed E-state index contributed by atoms with van der Waals surface area (Å²) in [5, 5.41) is 8.70. The molecule has 1 aromatic rings. The molecule has 1 N–H and O–H groups in total. The van der Waals surface area contributed by atoms with Crippen LogP contribution in [0.4, 0.5) is 0 Å². The SMILES string of the molecule is Cc1cc(C)c(C=C2SC(=S)N(CCCC(=O)O)C2=O)c(C)c1. The Bertz CT molecular complexity index is 687. The molecule has 1 heterocycles. The number of nitrogens with zero attached hydrogens (tertiary/aromatic N) is 1. The van der Waals surface area contributed by atoms with Gasteiger partial charge in [-0.3, -0.25) is 14.5 Å². The van der Waals surface area contributed by atoms with Gasteiger partial charge < -0.3 is 5.11 Å². The van der Waals surface area contributed by atoms with E-state index < -0.39 is 5.97 Å². The first-order valence-electron chi connectivity index (χ1n) is 7.34. The van der Waals surface area contributed by atoms with Crippen molar-refractivity contribution in [1.29, 1.82) is 0 Å². The summed E-state index contributed by atoms with van der Waals surface area (Å²) in [6.07, 6.45) is 2.32. The molecule has 0 aromatic heterocycles. The third-order valence-corrected chi connectivity index (χ3v) is 5.04. The number of amides is 1. The van der Waals surface area contributed by atoms with E-state index in [0.29, 0.717) is 22.2 Å². The molecule has 0 saturated carbocycles. The smallest absolute Gasteiger partial charge is 0.303 e. The van der Waals surface area contributed by atoms with Gasteiger partial charge in [0.05, 0.1) is 4.91 Å². The fourth-order valence-corrected chi connectivity index (χ4v) is 3.92. The van der Waals surface area contributed by atoms with E-state index in [4.69, 9.17) is 17.3 Å². The maximum atomic E-state index is 12.5. The van der Waals surface area contributed by atoms with Crippen LogP contribution in [-0.2, 0) is 9.59 Å². The van der Waals surface area contributed by atoms with Crippen molar-refractivity contribution in [3.8, 4) is 0 Å². The molecule has 122 valence electrons. The second-order valence-electron chi connectivity index (χ2n) is 5.64. The molecule has 4 nitrogen and oxygen atoms in total. The number of carboxylic acids is 1. The van der Waals surface area contributed by atoms with Gasteiger partial charge in [0.2, 0.25) is 0 Å². The minimum Gasteiger partial charge on any atom is -0.481 e. The Labute approximate surface area is 145 Å². The first-order valence-corrected chi connectivity index (χ1v) is 8.57. The van der Waals surface area contributed by atoms with Crippen molar-refractivity contribution in [2.75, 3.05) is 6.54 Å². The topological polar surface area (TPSA) is 57.6 Å². The van der Waals surface area contributed by atoms with Crippen LogP contribution in [0.1, 0.15) is 35.1 Å². The molecule has 6 heteroatoms. The zero-order valence-corrected chi connectivity index (χ0v) is 15.0. The van der Waals surface area contributed by atoms with Crippen LogP contribution < -0.4 is 0 Å². The fraction of sp³-hybridized carbons (Fsp3) is 0.353. The van der Waals surface area contributed by atoms with Crippen LogP contribution in [0.2, 0.25) is 0 Å². The number of aliphatic carboxylic acids is 1. The summed E-state index contributed by atoms with van der Waals surface area (Å²) in [7, 11) is 0. The van der Waals surface area contributed by atoms with E-state index in [1.54, 1.807) is 0 Å². The number of thiocarbonyl (C=S) groups is 1. The van der Waals surface area contributed by atoms with Crippen molar-refractivity contribution in [1.82, 2.24) is 4.90 Å². The highest BCUT2D eigenvalue weighted by Crippen LogP contribution is 2.34.